The molecule has 57 heavy (non-hydrogen) atoms. The Hall–Kier alpha value is -7.62. The summed E-state index contributed by atoms with van der Waals surface area (Å²) in [7, 11) is 0. The third kappa shape index (κ3) is 4.92. The van der Waals surface area contributed by atoms with Crippen molar-refractivity contribution < 1.29 is 4.42 Å². The summed E-state index contributed by atoms with van der Waals surface area (Å²) in [5.41, 5.74) is 11.0. The minimum absolute atomic E-state index is 0.896. The van der Waals surface area contributed by atoms with Gasteiger partial charge in [-0.25, -0.2) is 0 Å². The van der Waals surface area contributed by atoms with E-state index in [1.165, 1.54) is 54.3 Å². The summed E-state index contributed by atoms with van der Waals surface area (Å²) in [6.07, 6.45) is 0. The zero-order valence-corrected chi connectivity index (χ0v) is 30.9. The number of para-hydroxylation sites is 3. The first-order valence-electron chi connectivity index (χ1n) is 19.5. The average Bonchev–Trinajstić information content (AvgIpc) is 3.81. The van der Waals surface area contributed by atoms with Crippen molar-refractivity contribution in [2.24, 2.45) is 0 Å². The van der Waals surface area contributed by atoms with Gasteiger partial charge in [0, 0.05) is 38.6 Å². The third-order valence-electron chi connectivity index (χ3n) is 11.7. The maximum Gasteiger partial charge on any atom is 0.136 e. The van der Waals surface area contributed by atoms with E-state index in [1.54, 1.807) is 0 Å². The third-order valence-corrected chi connectivity index (χ3v) is 11.7. The Morgan fingerprint density at radius 2 is 1.05 bits per heavy atom. The highest BCUT2D eigenvalue weighted by Crippen LogP contribution is 2.45. The normalized spacial score (nSPS) is 11.9. The van der Waals surface area contributed by atoms with Crippen LogP contribution in [0.25, 0.3) is 92.9 Å². The lowest BCUT2D eigenvalue weighted by Crippen LogP contribution is -2.10. The van der Waals surface area contributed by atoms with E-state index in [2.05, 4.69) is 204 Å². The Bertz CT molecular complexity index is 3520. The van der Waals surface area contributed by atoms with Crippen molar-refractivity contribution in [2.45, 2.75) is 0 Å². The van der Waals surface area contributed by atoms with Gasteiger partial charge in [0.05, 0.1) is 16.7 Å². The van der Waals surface area contributed by atoms with Crippen LogP contribution in [0.2, 0.25) is 0 Å². The Balaban J connectivity index is 1.09. The molecule has 266 valence electrons. The smallest absolute Gasteiger partial charge is 0.136 e. The van der Waals surface area contributed by atoms with E-state index in [0.717, 1.165) is 55.6 Å². The van der Waals surface area contributed by atoms with Gasteiger partial charge in [0.25, 0.3) is 0 Å². The molecule has 0 saturated heterocycles. The molecule has 0 spiro atoms. The molecule has 0 unspecified atom stereocenters. The van der Waals surface area contributed by atoms with Crippen LogP contribution < -0.4 is 4.90 Å². The fraction of sp³-hybridized carbons (Fsp3) is 0. The highest BCUT2D eigenvalue weighted by molar-refractivity contribution is 6.18. The first kappa shape index (κ1) is 31.7. The Morgan fingerprint density at radius 3 is 1.91 bits per heavy atom. The van der Waals surface area contributed by atoms with Gasteiger partial charge >= 0.3 is 0 Å². The van der Waals surface area contributed by atoms with E-state index in [-0.39, 0.29) is 0 Å². The number of nitrogens with zero attached hydrogens (tertiary/aromatic N) is 2. The molecular formula is C54H34N2O. The molecule has 2 heterocycles. The Kier molecular flexibility index (Phi) is 6.93. The number of anilines is 3. The van der Waals surface area contributed by atoms with Crippen LogP contribution in [0.5, 0.6) is 0 Å². The summed E-state index contributed by atoms with van der Waals surface area (Å²) in [5, 5.41) is 12.0. The van der Waals surface area contributed by atoms with Gasteiger partial charge < -0.3 is 13.9 Å². The van der Waals surface area contributed by atoms with Crippen LogP contribution in [0, 0.1) is 0 Å². The van der Waals surface area contributed by atoms with E-state index in [0.29, 0.717) is 0 Å². The molecule has 0 atom stereocenters. The molecule has 3 nitrogen and oxygen atoms in total. The van der Waals surface area contributed by atoms with Gasteiger partial charge in [0.2, 0.25) is 0 Å². The van der Waals surface area contributed by atoms with Gasteiger partial charge in [-0.3, -0.25) is 0 Å². The van der Waals surface area contributed by atoms with Crippen LogP contribution in [0.3, 0.4) is 0 Å². The maximum atomic E-state index is 6.38. The Morgan fingerprint density at radius 1 is 0.368 bits per heavy atom. The van der Waals surface area contributed by atoms with Crippen LogP contribution in [0.4, 0.5) is 17.1 Å². The van der Waals surface area contributed by atoms with Crippen LogP contribution in [-0.2, 0) is 0 Å². The van der Waals surface area contributed by atoms with Gasteiger partial charge in [-0.1, -0.05) is 127 Å². The van der Waals surface area contributed by atoms with Crippen molar-refractivity contribution in [3.63, 3.8) is 0 Å². The molecule has 3 heteroatoms. The van der Waals surface area contributed by atoms with E-state index >= 15 is 0 Å². The number of rotatable bonds is 5. The molecule has 0 N–H and O–H groups in total. The number of hydrogen-bond acceptors (Lipinski definition) is 2. The second-order valence-electron chi connectivity index (χ2n) is 14.9. The van der Waals surface area contributed by atoms with Gasteiger partial charge in [0.15, 0.2) is 0 Å². The molecule has 12 rings (SSSR count). The fourth-order valence-electron chi connectivity index (χ4n) is 9.15. The van der Waals surface area contributed by atoms with Gasteiger partial charge in [-0.15, -0.1) is 0 Å². The quantitative estimate of drug-likeness (QED) is 0.165. The summed E-state index contributed by atoms with van der Waals surface area (Å²) < 4.78 is 8.76. The molecule has 2 aromatic heterocycles. The second-order valence-corrected chi connectivity index (χ2v) is 14.9. The molecule has 0 radical (unpaired) electrons. The van der Waals surface area contributed by atoms with Crippen molar-refractivity contribution >= 4 is 93.1 Å². The topological polar surface area (TPSA) is 21.3 Å². The summed E-state index contributed by atoms with van der Waals surface area (Å²) in [5.74, 6) is 0. The SMILES string of the molecule is c1ccc(-n2c3ccccc3c3c(N(c4ccc(-c5cc6ccccc6c6ccccc56)cc4)c4ccc5cc6c(cc5c4)oc4ccccc46)cccc32)cc1. The lowest BCUT2D eigenvalue weighted by Gasteiger charge is -2.27. The number of aromatic nitrogens is 1. The highest BCUT2D eigenvalue weighted by Gasteiger charge is 2.22. The number of benzene rings is 10. The van der Waals surface area contributed by atoms with Crippen LogP contribution in [0.15, 0.2) is 211 Å². The highest BCUT2D eigenvalue weighted by atomic mass is 16.3. The molecule has 0 bridgehead atoms. The number of furan rings is 1. The van der Waals surface area contributed by atoms with Crippen molar-refractivity contribution in [3.05, 3.63) is 206 Å². The van der Waals surface area contributed by atoms with Crippen molar-refractivity contribution in [2.75, 3.05) is 4.90 Å². The predicted molar refractivity (Wildman–Crippen MR) is 241 cm³/mol. The molecule has 10 aromatic carbocycles. The molecule has 0 aliphatic rings. The summed E-state index contributed by atoms with van der Waals surface area (Å²) in [4.78, 5) is 2.43. The van der Waals surface area contributed by atoms with Gasteiger partial charge in [-0.05, 0) is 122 Å². The van der Waals surface area contributed by atoms with E-state index in [9.17, 15) is 0 Å². The monoisotopic (exact) mass is 726 g/mol. The van der Waals surface area contributed by atoms with Crippen LogP contribution in [-0.4, -0.2) is 4.57 Å². The first-order valence-corrected chi connectivity index (χ1v) is 19.5. The van der Waals surface area contributed by atoms with Crippen molar-refractivity contribution in [1.82, 2.24) is 4.57 Å². The predicted octanol–water partition coefficient (Wildman–Crippen LogP) is 15.3. The standard InChI is InChI=1S/C54H34N2O/c1-2-14-39(15-3-1)56-49-21-10-8-20-46(49)54-50(22-12-23-51(54)56)55(41-30-27-36-32-48-45-19-9-11-24-52(45)57-53(48)34-38(36)31-41)40-28-25-35(26-29-40)47-33-37-13-4-5-16-42(37)43-17-6-7-18-44(43)47/h1-34H. The molecule has 0 fully saturated rings. The lowest BCUT2D eigenvalue weighted by atomic mass is 9.93. The van der Waals surface area contributed by atoms with E-state index in [4.69, 9.17) is 4.42 Å². The second kappa shape index (κ2) is 12.5. The number of hydrogen-bond donors (Lipinski definition) is 0. The molecule has 0 amide bonds. The zero-order valence-electron chi connectivity index (χ0n) is 30.9. The first-order chi connectivity index (χ1) is 28.3. The summed E-state index contributed by atoms with van der Waals surface area (Å²) in [6.45, 7) is 0. The fourth-order valence-corrected chi connectivity index (χ4v) is 9.15. The number of fused-ring (bicyclic) bond motifs is 10. The lowest BCUT2D eigenvalue weighted by molar-refractivity contribution is 0.669. The van der Waals surface area contributed by atoms with E-state index in [1.807, 2.05) is 12.1 Å². The molecular weight excluding hydrogens is 693 g/mol. The van der Waals surface area contributed by atoms with Gasteiger partial charge in [0.1, 0.15) is 11.2 Å². The molecule has 0 aliphatic carbocycles. The largest absolute Gasteiger partial charge is 0.456 e. The minimum Gasteiger partial charge on any atom is -0.456 e. The minimum atomic E-state index is 0.896. The maximum absolute atomic E-state index is 6.38. The van der Waals surface area contributed by atoms with Crippen molar-refractivity contribution in [1.29, 1.82) is 0 Å². The van der Waals surface area contributed by atoms with Gasteiger partial charge in [-0.2, -0.15) is 0 Å². The molecule has 0 saturated carbocycles. The average molecular weight is 727 g/mol. The molecule has 12 aromatic rings. The zero-order chi connectivity index (χ0) is 37.5. The molecule has 0 aliphatic heterocycles. The summed E-state index contributed by atoms with van der Waals surface area (Å²) in [6, 6.07) is 74.6. The van der Waals surface area contributed by atoms with Crippen molar-refractivity contribution in [3.8, 4) is 16.8 Å². The van der Waals surface area contributed by atoms with Crippen LogP contribution >= 0.6 is 0 Å². The Labute approximate surface area is 328 Å². The summed E-state index contributed by atoms with van der Waals surface area (Å²) >= 11 is 0. The van der Waals surface area contributed by atoms with Crippen LogP contribution in [0.1, 0.15) is 0 Å². The van der Waals surface area contributed by atoms with E-state index < -0.39 is 0 Å².